The van der Waals surface area contributed by atoms with Gasteiger partial charge in [-0.1, -0.05) is 13.8 Å². The second-order valence-corrected chi connectivity index (χ2v) is 5.76. The van der Waals surface area contributed by atoms with Crippen LogP contribution >= 0.6 is 0 Å². The van der Waals surface area contributed by atoms with Gasteiger partial charge in [0.05, 0.1) is 6.10 Å². The van der Waals surface area contributed by atoms with Crippen molar-refractivity contribution in [2.75, 3.05) is 26.7 Å². The van der Waals surface area contributed by atoms with Gasteiger partial charge in [-0.3, -0.25) is 4.90 Å². The molecule has 1 heterocycles. The number of methoxy groups -OCH3 is 1. The summed E-state index contributed by atoms with van der Waals surface area (Å²) in [6.07, 6.45) is 5.78. The number of hydrogen-bond donors (Lipinski definition) is 1. The predicted molar refractivity (Wildman–Crippen MR) is 71.3 cm³/mol. The van der Waals surface area contributed by atoms with Crippen molar-refractivity contribution in [2.45, 2.75) is 57.7 Å². The molecule has 3 heteroatoms. The highest BCUT2D eigenvalue weighted by molar-refractivity contribution is 4.90. The normalized spacial score (nSPS) is 39.7. The fourth-order valence-corrected chi connectivity index (χ4v) is 3.46. The molecule has 4 atom stereocenters. The summed E-state index contributed by atoms with van der Waals surface area (Å²) in [5.74, 6) is 0.724. The van der Waals surface area contributed by atoms with E-state index in [0.717, 1.165) is 31.1 Å². The van der Waals surface area contributed by atoms with Crippen LogP contribution < -0.4 is 5.32 Å². The van der Waals surface area contributed by atoms with E-state index in [-0.39, 0.29) is 0 Å². The lowest BCUT2D eigenvalue weighted by Gasteiger charge is -2.39. The maximum absolute atomic E-state index is 5.61. The fourth-order valence-electron chi connectivity index (χ4n) is 3.46. The van der Waals surface area contributed by atoms with Crippen LogP contribution in [-0.2, 0) is 4.74 Å². The second-order valence-electron chi connectivity index (χ2n) is 5.76. The molecule has 1 saturated carbocycles. The summed E-state index contributed by atoms with van der Waals surface area (Å²) in [4.78, 5) is 2.67. The Morgan fingerprint density at radius 1 is 1.29 bits per heavy atom. The smallest absolute Gasteiger partial charge is 0.0724 e. The highest BCUT2D eigenvalue weighted by atomic mass is 16.5. The molecule has 1 N–H and O–H groups in total. The predicted octanol–water partition coefficient (Wildman–Crippen LogP) is 1.87. The van der Waals surface area contributed by atoms with E-state index in [1.165, 1.54) is 32.2 Å². The first-order chi connectivity index (χ1) is 8.24. The van der Waals surface area contributed by atoms with E-state index in [0.29, 0.717) is 6.10 Å². The van der Waals surface area contributed by atoms with Gasteiger partial charge in [-0.2, -0.15) is 0 Å². The van der Waals surface area contributed by atoms with Gasteiger partial charge in [-0.05, 0) is 44.7 Å². The van der Waals surface area contributed by atoms with Crippen LogP contribution in [0.2, 0.25) is 0 Å². The van der Waals surface area contributed by atoms with Gasteiger partial charge in [0.1, 0.15) is 0 Å². The Morgan fingerprint density at radius 2 is 2.12 bits per heavy atom. The molecule has 1 aliphatic heterocycles. The van der Waals surface area contributed by atoms with Crippen molar-refractivity contribution >= 4 is 0 Å². The first kappa shape index (κ1) is 13.3. The molecule has 2 fully saturated rings. The van der Waals surface area contributed by atoms with Crippen LogP contribution in [0, 0.1) is 5.92 Å². The number of hydrogen-bond acceptors (Lipinski definition) is 3. The standard InChI is InChI=1S/C14H28N2O/c1-4-15-12-5-6-13(9-12)16-8-7-11(2)14(10-16)17-3/h11-15H,4-10H2,1-3H3. The Hall–Kier alpha value is -0.120. The molecule has 2 aliphatic rings. The fraction of sp³-hybridized carbons (Fsp3) is 1.00. The average Bonchev–Trinajstić information content (AvgIpc) is 2.79. The molecule has 0 spiro atoms. The van der Waals surface area contributed by atoms with E-state index >= 15 is 0 Å². The largest absolute Gasteiger partial charge is 0.380 e. The minimum Gasteiger partial charge on any atom is -0.380 e. The summed E-state index contributed by atoms with van der Waals surface area (Å²) < 4.78 is 5.61. The Balaban J connectivity index is 1.83. The number of nitrogens with zero attached hydrogens (tertiary/aromatic N) is 1. The number of likely N-dealkylation sites (tertiary alicyclic amines) is 1. The van der Waals surface area contributed by atoms with Crippen LogP contribution in [0.3, 0.4) is 0 Å². The van der Waals surface area contributed by atoms with Crippen molar-refractivity contribution in [2.24, 2.45) is 5.92 Å². The first-order valence-electron chi connectivity index (χ1n) is 7.24. The molecule has 1 aliphatic carbocycles. The van der Waals surface area contributed by atoms with E-state index in [9.17, 15) is 0 Å². The van der Waals surface area contributed by atoms with Gasteiger partial charge >= 0.3 is 0 Å². The van der Waals surface area contributed by atoms with E-state index in [2.05, 4.69) is 24.1 Å². The summed E-state index contributed by atoms with van der Waals surface area (Å²) in [5, 5.41) is 3.59. The van der Waals surface area contributed by atoms with Gasteiger partial charge in [0.15, 0.2) is 0 Å². The number of rotatable bonds is 4. The number of nitrogens with one attached hydrogen (secondary N) is 1. The highest BCUT2D eigenvalue weighted by Crippen LogP contribution is 2.29. The molecular weight excluding hydrogens is 212 g/mol. The van der Waals surface area contributed by atoms with Crippen LogP contribution in [0.15, 0.2) is 0 Å². The quantitative estimate of drug-likeness (QED) is 0.812. The summed E-state index contributed by atoms with van der Waals surface area (Å²) in [5.41, 5.74) is 0. The first-order valence-corrected chi connectivity index (χ1v) is 7.24. The van der Waals surface area contributed by atoms with Crippen molar-refractivity contribution in [3.05, 3.63) is 0 Å². The zero-order valence-electron chi connectivity index (χ0n) is 11.6. The highest BCUT2D eigenvalue weighted by Gasteiger charge is 2.34. The number of ether oxygens (including phenoxy) is 1. The molecule has 3 nitrogen and oxygen atoms in total. The van der Waals surface area contributed by atoms with Crippen molar-refractivity contribution in [3.63, 3.8) is 0 Å². The third kappa shape index (κ3) is 3.21. The topological polar surface area (TPSA) is 24.5 Å². The average molecular weight is 240 g/mol. The molecule has 0 aromatic carbocycles. The van der Waals surface area contributed by atoms with Crippen LogP contribution in [0.4, 0.5) is 0 Å². The zero-order valence-corrected chi connectivity index (χ0v) is 11.6. The summed E-state index contributed by atoms with van der Waals surface area (Å²) in [7, 11) is 1.86. The lowest BCUT2D eigenvalue weighted by atomic mass is 9.94. The summed E-state index contributed by atoms with van der Waals surface area (Å²) in [6.45, 7) is 8.04. The lowest BCUT2D eigenvalue weighted by Crippen LogP contribution is -2.48. The maximum Gasteiger partial charge on any atom is 0.0724 e. The third-order valence-corrected chi connectivity index (χ3v) is 4.64. The number of piperidine rings is 1. The molecule has 1 saturated heterocycles. The van der Waals surface area contributed by atoms with Crippen molar-refractivity contribution in [3.8, 4) is 0 Å². The molecule has 100 valence electrons. The maximum atomic E-state index is 5.61. The Morgan fingerprint density at radius 3 is 2.82 bits per heavy atom. The summed E-state index contributed by atoms with van der Waals surface area (Å²) >= 11 is 0. The van der Waals surface area contributed by atoms with E-state index in [1.807, 2.05) is 7.11 Å². The minimum absolute atomic E-state index is 0.446. The van der Waals surface area contributed by atoms with Crippen molar-refractivity contribution < 1.29 is 4.74 Å². The van der Waals surface area contributed by atoms with E-state index in [1.54, 1.807) is 0 Å². The molecule has 17 heavy (non-hydrogen) atoms. The van der Waals surface area contributed by atoms with Gasteiger partial charge in [0, 0.05) is 25.7 Å². The van der Waals surface area contributed by atoms with E-state index < -0.39 is 0 Å². The molecule has 0 radical (unpaired) electrons. The van der Waals surface area contributed by atoms with Gasteiger partial charge in [0.2, 0.25) is 0 Å². The SMILES string of the molecule is CCNC1CCC(N2CCC(C)C(OC)C2)C1. The van der Waals surface area contributed by atoms with Gasteiger partial charge < -0.3 is 10.1 Å². The molecule has 0 bridgehead atoms. The Kier molecular flexibility index (Phi) is 4.83. The van der Waals surface area contributed by atoms with Crippen molar-refractivity contribution in [1.29, 1.82) is 0 Å². The van der Waals surface area contributed by atoms with Crippen LogP contribution in [-0.4, -0.2) is 49.8 Å². The zero-order chi connectivity index (χ0) is 12.3. The molecule has 0 aromatic rings. The minimum atomic E-state index is 0.446. The van der Waals surface area contributed by atoms with Crippen LogP contribution in [0.5, 0.6) is 0 Å². The lowest BCUT2D eigenvalue weighted by molar-refractivity contribution is -0.0183. The molecule has 0 amide bonds. The monoisotopic (exact) mass is 240 g/mol. The third-order valence-electron chi connectivity index (χ3n) is 4.64. The molecular formula is C14H28N2O. The Labute approximate surface area is 106 Å². The van der Waals surface area contributed by atoms with Gasteiger partial charge in [0.25, 0.3) is 0 Å². The van der Waals surface area contributed by atoms with Crippen LogP contribution in [0.25, 0.3) is 0 Å². The van der Waals surface area contributed by atoms with Crippen molar-refractivity contribution in [1.82, 2.24) is 10.2 Å². The Bertz CT molecular complexity index is 234. The van der Waals surface area contributed by atoms with Gasteiger partial charge in [-0.25, -0.2) is 0 Å². The molecule has 0 aromatic heterocycles. The van der Waals surface area contributed by atoms with E-state index in [4.69, 9.17) is 4.74 Å². The summed E-state index contributed by atoms with van der Waals surface area (Å²) in [6, 6.07) is 1.55. The second kappa shape index (κ2) is 6.17. The van der Waals surface area contributed by atoms with Crippen LogP contribution in [0.1, 0.15) is 39.5 Å². The molecule has 2 rings (SSSR count). The van der Waals surface area contributed by atoms with Gasteiger partial charge in [-0.15, -0.1) is 0 Å². The molecule has 4 unspecified atom stereocenters.